The molecular formula is C7H10O. The molecule has 0 radical (unpaired) electrons. The van der Waals surface area contributed by atoms with Gasteiger partial charge in [-0.2, -0.15) is 0 Å². The van der Waals surface area contributed by atoms with Gasteiger partial charge in [-0.05, 0) is 36.5 Å². The molecule has 4 aliphatic carbocycles. The minimum atomic E-state index is 0.130. The van der Waals surface area contributed by atoms with Crippen LogP contribution in [0.25, 0.3) is 0 Å². The van der Waals surface area contributed by atoms with Crippen molar-refractivity contribution in [3.8, 4) is 0 Å². The molecule has 0 spiro atoms. The fourth-order valence-corrected chi connectivity index (χ4v) is 3.03. The summed E-state index contributed by atoms with van der Waals surface area (Å²) < 4.78 is 0. The van der Waals surface area contributed by atoms with Gasteiger partial charge in [-0.15, -0.1) is 0 Å². The second-order valence-corrected chi connectivity index (χ2v) is 3.63. The van der Waals surface area contributed by atoms with Gasteiger partial charge in [-0.1, -0.05) is 0 Å². The van der Waals surface area contributed by atoms with E-state index in [0.29, 0.717) is 0 Å². The Morgan fingerprint density at radius 2 is 1.75 bits per heavy atom. The maximum Gasteiger partial charge on any atom is 0.0602 e. The lowest BCUT2D eigenvalue weighted by Crippen LogP contribution is -2.09. The predicted molar refractivity (Wildman–Crippen MR) is 29.2 cm³/mol. The molecule has 4 rings (SSSR count). The molecule has 4 fully saturated rings. The summed E-state index contributed by atoms with van der Waals surface area (Å²) in [6, 6.07) is 0. The van der Waals surface area contributed by atoms with E-state index in [9.17, 15) is 5.11 Å². The maximum atomic E-state index is 9.35. The summed E-state index contributed by atoms with van der Waals surface area (Å²) in [4.78, 5) is 0. The highest BCUT2D eigenvalue weighted by molar-refractivity contribution is 5.16. The molecule has 1 nitrogen and oxygen atoms in total. The average molecular weight is 110 g/mol. The quantitative estimate of drug-likeness (QED) is 0.485. The monoisotopic (exact) mass is 110 g/mol. The van der Waals surface area contributed by atoms with Gasteiger partial charge < -0.3 is 5.11 Å². The third kappa shape index (κ3) is 0.218. The molecule has 4 bridgehead atoms. The van der Waals surface area contributed by atoms with Crippen LogP contribution in [0.3, 0.4) is 0 Å². The summed E-state index contributed by atoms with van der Waals surface area (Å²) in [6.45, 7) is 0. The Kier molecular flexibility index (Phi) is 0.418. The highest BCUT2D eigenvalue weighted by Gasteiger charge is 2.68. The number of rotatable bonds is 0. The van der Waals surface area contributed by atoms with E-state index in [1.807, 2.05) is 0 Å². The van der Waals surface area contributed by atoms with Crippen LogP contribution in [0.15, 0.2) is 0 Å². The van der Waals surface area contributed by atoms with Crippen LogP contribution in [0.1, 0.15) is 12.8 Å². The fraction of sp³-hybridized carbons (Fsp3) is 1.00. The minimum absolute atomic E-state index is 0.130. The van der Waals surface area contributed by atoms with Gasteiger partial charge in [-0.25, -0.2) is 0 Å². The van der Waals surface area contributed by atoms with E-state index >= 15 is 0 Å². The van der Waals surface area contributed by atoms with Gasteiger partial charge in [0.2, 0.25) is 0 Å². The first-order valence-electron chi connectivity index (χ1n) is 3.56. The first-order chi connectivity index (χ1) is 3.88. The number of hydrogen-bond donors (Lipinski definition) is 1. The van der Waals surface area contributed by atoms with Crippen molar-refractivity contribution in [2.24, 2.45) is 23.7 Å². The van der Waals surface area contributed by atoms with Crippen LogP contribution >= 0.6 is 0 Å². The van der Waals surface area contributed by atoms with Crippen molar-refractivity contribution in [3.05, 3.63) is 0 Å². The van der Waals surface area contributed by atoms with E-state index < -0.39 is 0 Å². The first kappa shape index (κ1) is 3.89. The molecule has 44 valence electrons. The molecule has 0 aromatic rings. The molecule has 0 aliphatic heterocycles. The summed E-state index contributed by atoms with van der Waals surface area (Å²) in [5.74, 6) is 3.47. The largest absolute Gasteiger partial charge is 0.393 e. The smallest absolute Gasteiger partial charge is 0.0602 e. The molecule has 8 heavy (non-hydrogen) atoms. The molecule has 0 aromatic carbocycles. The Morgan fingerprint density at radius 1 is 1.12 bits per heavy atom. The van der Waals surface area contributed by atoms with Gasteiger partial charge in [0.1, 0.15) is 0 Å². The molecule has 4 aliphatic rings. The zero-order valence-corrected chi connectivity index (χ0v) is 4.75. The summed E-state index contributed by atoms with van der Waals surface area (Å²) >= 11 is 0. The standard InChI is InChI=1S/C7H10O/c8-7-3-1-4-5(2-3)6(4)7/h3-8H,1-2H2/t3?,4-,5?,6?,7+/m1/s1. The predicted octanol–water partition coefficient (Wildman–Crippen LogP) is 0.633. The Labute approximate surface area is 48.7 Å². The van der Waals surface area contributed by atoms with Crippen molar-refractivity contribution < 1.29 is 5.11 Å². The summed E-state index contributed by atoms with van der Waals surface area (Å²) in [6.07, 6.45) is 2.84. The Morgan fingerprint density at radius 3 is 1.88 bits per heavy atom. The molecule has 0 amide bonds. The third-order valence-corrected chi connectivity index (χ3v) is 3.43. The normalized spacial score (nSPS) is 73.9. The van der Waals surface area contributed by atoms with E-state index in [1.54, 1.807) is 0 Å². The summed E-state index contributed by atoms with van der Waals surface area (Å²) in [5.41, 5.74) is 0. The van der Waals surface area contributed by atoms with Gasteiger partial charge in [-0.3, -0.25) is 0 Å². The van der Waals surface area contributed by atoms with Crippen LogP contribution in [0.4, 0.5) is 0 Å². The molecule has 4 saturated carbocycles. The van der Waals surface area contributed by atoms with E-state index in [-0.39, 0.29) is 6.10 Å². The number of hydrogen-bond acceptors (Lipinski definition) is 1. The van der Waals surface area contributed by atoms with E-state index in [1.165, 1.54) is 12.8 Å². The average Bonchev–Trinajstić information content (AvgIpc) is 2.23. The van der Waals surface area contributed by atoms with Crippen LogP contribution in [0.5, 0.6) is 0 Å². The third-order valence-electron chi connectivity index (χ3n) is 3.43. The topological polar surface area (TPSA) is 20.2 Å². The van der Waals surface area contributed by atoms with Gasteiger partial charge in [0.15, 0.2) is 0 Å². The van der Waals surface area contributed by atoms with Crippen LogP contribution in [0, 0.1) is 23.7 Å². The molecule has 0 aromatic heterocycles. The lowest BCUT2D eigenvalue weighted by atomic mass is 10.1. The lowest BCUT2D eigenvalue weighted by molar-refractivity contribution is 0.135. The second-order valence-electron chi connectivity index (χ2n) is 3.63. The lowest BCUT2D eigenvalue weighted by Gasteiger charge is -2.03. The van der Waals surface area contributed by atoms with E-state index in [4.69, 9.17) is 0 Å². The highest BCUT2D eigenvalue weighted by atomic mass is 16.3. The molecule has 3 unspecified atom stereocenters. The van der Waals surface area contributed by atoms with Crippen molar-refractivity contribution in [2.45, 2.75) is 18.9 Å². The Hall–Kier alpha value is -0.0400. The Balaban J connectivity index is 2.10. The number of aliphatic hydroxyl groups excluding tert-OH is 1. The molecule has 0 heterocycles. The van der Waals surface area contributed by atoms with Crippen molar-refractivity contribution >= 4 is 0 Å². The minimum Gasteiger partial charge on any atom is -0.393 e. The molecule has 1 N–H and O–H groups in total. The molecule has 1 heteroatoms. The van der Waals surface area contributed by atoms with Crippen LogP contribution < -0.4 is 0 Å². The second kappa shape index (κ2) is 0.860. The van der Waals surface area contributed by atoms with E-state index in [0.717, 1.165) is 23.7 Å². The summed E-state index contributed by atoms with van der Waals surface area (Å²) in [7, 11) is 0. The van der Waals surface area contributed by atoms with Gasteiger partial charge >= 0.3 is 0 Å². The highest BCUT2D eigenvalue weighted by Crippen LogP contribution is 2.70. The molecular weight excluding hydrogens is 100 g/mol. The van der Waals surface area contributed by atoms with Gasteiger partial charge in [0.05, 0.1) is 6.10 Å². The Bertz CT molecular complexity index is 129. The first-order valence-corrected chi connectivity index (χ1v) is 3.56. The van der Waals surface area contributed by atoms with Crippen molar-refractivity contribution in [1.82, 2.24) is 0 Å². The van der Waals surface area contributed by atoms with Crippen LogP contribution in [-0.4, -0.2) is 11.2 Å². The summed E-state index contributed by atoms with van der Waals surface area (Å²) in [5, 5.41) is 9.35. The van der Waals surface area contributed by atoms with E-state index in [2.05, 4.69) is 0 Å². The van der Waals surface area contributed by atoms with Crippen molar-refractivity contribution in [1.29, 1.82) is 0 Å². The van der Waals surface area contributed by atoms with Gasteiger partial charge in [0, 0.05) is 0 Å². The fourth-order valence-electron chi connectivity index (χ4n) is 3.03. The molecule has 0 saturated heterocycles. The van der Waals surface area contributed by atoms with Crippen molar-refractivity contribution in [3.63, 3.8) is 0 Å². The zero-order chi connectivity index (χ0) is 5.30. The maximum absolute atomic E-state index is 9.35. The number of aliphatic hydroxyl groups is 1. The van der Waals surface area contributed by atoms with Gasteiger partial charge in [0.25, 0.3) is 0 Å². The zero-order valence-electron chi connectivity index (χ0n) is 4.75. The SMILES string of the molecule is O[C@H]1C2CC3C1[C@@H]3C2. The van der Waals surface area contributed by atoms with Crippen LogP contribution in [-0.2, 0) is 0 Å². The van der Waals surface area contributed by atoms with Crippen molar-refractivity contribution in [2.75, 3.05) is 0 Å². The molecule has 5 atom stereocenters. The van der Waals surface area contributed by atoms with Crippen LogP contribution in [0.2, 0.25) is 0 Å².